The van der Waals surface area contributed by atoms with Crippen LogP contribution in [0.4, 0.5) is 0 Å². The Morgan fingerprint density at radius 3 is 1.86 bits per heavy atom. The number of hydrogen-bond donors (Lipinski definition) is 8. The van der Waals surface area contributed by atoms with E-state index in [2.05, 4.69) is 16.0 Å². The van der Waals surface area contributed by atoms with E-state index in [4.69, 9.17) is 17.2 Å². The van der Waals surface area contributed by atoms with Crippen LogP contribution in [-0.4, -0.2) is 76.0 Å². The zero-order valence-electron chi connectivity index (χ0n) is 20.4. The van der Waals surface area contributed by atoms with Gasteiger partial charge in [-0.2, -0.15) is 0 Å². The molecule has 0 saturated carbocycles. The summed E-state index contributed by atoms with van der Waals surface area (Å²) in [6.45, 7) is 1.20. The molecule has 0 aliphatic rings. The van der Waals surface area contributed by atoms with Crippen LogP contribution in [0.15, 0.2) is 30.3 Å². The Bertz CT molecular complexity index is 971. The molecule has 37 heavy (non-hydrogen) atoms. The quantitative estimate of drug-likeness (QED) is 0.110. The van der Waals surface area contributed by atoms with Crippen molar-refractivity contribution in [2.75, 3.05) is 0 Å². The number of nitrogens with two attached hydrogens (primary N) is 3. The molecule has 5 unspecified atom stereocenters. The van der Waals surface area contributed by atoms with Gasteiger partial charge in [-0.05, 0) is 25.3 Å². The van der Waals surface area contributed by atoms with Crippen LogP contribution in [0.5, 0.6) is 0 Å². The average molecular weight is 523 g/mol. The van der Waals surface area contributed by atoms with Crippen molar-refractivity contribution < 1.29 is 39.0 Å². The summed E-state index contributed by atoms with van der Waals surface area (Å²) in [5.74, 6) is -5.48. The molecule has 1 aromatic rings. The first-order valence-electron chi connectivity index (χ1n) is 11.5. The van der Waals surface area contributed by atoms with E-state index in [-0.39, 0.29) is 32.1 Å². The SMILES string of the molecule is CC(O)C(NC(=O)C(Cc1ccccc1)NC(=O)C(N)CCC(N)=O)C(=O)NC(CCC(N)=O)C(=O)O. The molecule has 1 rings (SSSR count). The molecule has 0 bridgehead atoms. The minimum Gasteiger partial charge on any atom is -0.480 e. The van der Waals surface area contributed by atoms with Gasteiger partial charge in [0.05, 0.1) is 12.1 Å². The van der Waals surface area contributed by atoms with Crippen molar-refractivity contribution in [2.24, 2.45) is 17.2 Å². The third-order valence-electron chi connectivity index (χ3n) is 5.31. The van der Waals surface area contributed by atoms with Gasteiger partial charge in [-0.15, -0.1) is 0 Å². The number of primary amides is 2. The summed E-state index contributed by atoms with van der Waals surface area (Å²) in [6.07, 6.45) is -2.28. The number of carbonyl (C=O) groups is 6. The summed E-state index contributed by atoms with van der Waals surface area (Å²) in [5.41, 5.74) is 16.6. The van der Waals surface area contributed by atoms with Crippen molar-refractivity contribution in [2.45, 2.75) is 69.3 Å². The zero-order chi connectivity index (χ0) is 28.1. The Hall–Kier alpha value is -4.04. The molecule has 0 spiro atoms. The number of aliphatic carboxylic acids is 1. The van der Waals surface area contributed by atoms with E-state index in [0.29, 0.717) is 5.56 Å². The van der Waals surface area contributed by atoms with Gasteiger partial charge < -0.3 is 43.4 Å². The van der Waals surface area contributed by atoms with Gasteiger partial charge in [0.1, 0.15) is 18.1 Å². The van der Waals surface area contributed by atoms with Crippen molar-refractivity contribution in [1.82, 2.24) is 16.0 Å². The molecule has 0 heterocycles. The summed E-state index contributed by atoms with van der Waals surface area (Å²) in [5, 5.41) is 26.4. The van der Waals surface area contributed by atoms with Crippen LogP contribution >= 0.6 is 0 Å². The van der Waals surface area contributed by atoms with E-state index in [1.807, 2.05) is 0 Å². The fourth-order valence-corrected chi connectivity index (χ4v) is 3.23. The van der Waals surface area contributed by atoms with E-state index in [1.54, 1.807) is 30.3 Å². The van der Waals surface area contributed by atoms with E-state index in [1.165, 1.54) is 6.92 Å². The van der Waals surface area contributed by atoms with Gasteiger partial charge in [-0.1, -0.05) is 30.3 Å². The van der Waals surface area contributed by atoms with E-state index >= 15 is 0 Å². The average Bonchev–Trinajstić information content (AvgIpc) is 2.82. The molecule has 0 radical (unpaired) electrons. The van der Waals surface area contributed by atoms with Gasteiger partial charge in [0, 0.05) is 19.3 Å². The number of amides is 5. The maximum absolute atomic E-state index is 13.1. The summed E-state index contributed by atoms with van der Waals surface area (Å²) in [4.78, 5) is 71.8. The monoisotopic (exact) mass is 522 g/mol. The Balaban J connectivity index is 3.04. The second kappa shape index (κ2) is 15.2. The van der Waals surface area contributed by atoms with Crippen molar-refractivity contribution in [1.29, 1.82) is 0 Å². The van der Waals surface area contributed by atoms with Crippen molar-refractivity contribution in [3.8, 4) is 0 Å². The molecule has 11 N–H and O–H groups in total. The Morgan fingerprint density at radius 1 is 0.811 bits per heavy atom. The number of benzene rings is 1. The lowest BCUT2D eigenvalue weighted by Gasteiger charge is -2.26. The van der Waals surface area contributed by atoms with Gasteiger partial charge in [0.25, 0.3) is 0 Å². The molecule has 1 aromatic carbocycles. The summed E-state index contributed by atoms with van der Waals surface area (Å²) in [6, 6.07) is 3.11. The molecule has 0 fully saturated rings. The third-order valence-corrected chi connectivity index (χ3v) is 5.31. The number of hydrogen-bond acceptors (Lipinski definition) is 8. The van der Waals surface area contributed by atoms with E-state index in [9.17, 15) is 39.0 Å². The number of rotatable bonds is 16. The summed E-state index contributed by atoms with van der Waals surface area (Å²) in [7, 11) is 0. The Morgan fingerprint density at radius 2 is 1.35 bits per heavy atom. The number of carboxylic acid groups (broad SMARTS) is 1. The molecular formula is C23H34N6O8. The van der Waals surface area contributed by atoms with E-state index in [0.717, 1.165) is 0 Å². The van der Waals surface area contributed by atoms with Gasteiger partial charge >= 0.3 is 5.97 Å². The molecule has 14 heteroatoms. The predicted molar refractivity (Wildman–Crippen MR) is 130 cm³/mol. The van der Waals surface area contributed by atoms with Gasteiger partial charge in [-0.3, -0.25) is 24.0 Å². The maximum Gasteiger partial charge on any atom is 0.326 e. The molecular weight excluding hydrogens is 488 g/mol. The molecule has 204 valence electrons. The van der Waals surface area contributed by atoms with Crippen LogP contribution in [0.25, 0.3) is 0 Å². The minimum absolute atomic E-state index is 0.00847. The number of carboxylic acids is 1. The standard InChI is InChI=1S/C23H34N6O8/c1-12(30)19(22(35)27-15(23(36)37)8-10-18(26)32)29-21(34)16(11-13-5-3-2-4-6-13)28-20(33)14(24)7-9-17(25)31/h2-6,12,14-16,19,30H,7-11,24H2,1H3,(H2,25,31)(H2,26,32)(H,27,35)(H,28,33)(H,29,34)(H,36,37). The molecule has 5 atom stereocenters. The highest BCUT2D eigenvalue weighted by atomic mass is 16.4. The fraction of sp³-hybridized carbons (Fsp3) is 0.478. The van der Waals surface area contributed by atoms with Crippen molar-refractivity contribution in [3.63, 3.8) is 0 Å². The maximum atomic E-state index is 13.1. The smallest absolute Gasteiger partial charge is 0.326 e. The molecule has 14 nitrogen and oxygen atoms in total. The highest BCUT2D eigenvalue weighted by Gasteiger charge is 2.33. The van der Waals surface area contributed by atoms with Crippen molar-refractivity contribution in [3.05, 3.63) is 35.9 Å². The second-order valence-corrected chi connectivity index (χ2v) is 8.49. The normalized spacial score (nSPS) is 14.8. The molecule has 5 amide bonds. The number of aliphatic hydroxyl groups is 1. The molecule has 0 aromatic heterocycles. The first-order chi connectivity index (χ1) is 17.3. The fourth-order valence-electron chi connectivity index (χ4n) is 3.23. The first-order valence-corrected chi connectivity index (χ1v) is 11.5. The number of carbonyl (C=O) groups excluding carboxylic acids is 5. The lowest BCUT2D eigenvalue weighted by molar-refractivity contribution is -0.143. The highest BCUT2D eigenvalue weighted by molar-refractivity contribution is 5.94. The van der Waals surface area contributed by atoms with Crippen LogP contribution in [0, 0.1) is 0 Å². The number of nitrogens with one attached hydrogen (secondary N) is 3. The Kier molecular flexibility index (Phi) is 12.7. The largest absolute Gasteiger partial charge is 0.480 e. The zero-order valence-corrected chi connectivity index (χ0v) is 20.4. The molecule has 0 aliphatic carbocycles. The topological polar surface area (TPSA) is 257 Å². The number of aliphatic hydroxyl groups excluding tert-OH is 1. The highest BCUT2D eigenvalue weighted by Crippen LogP contribution is 2.07. The van der Waals surface area contributed by atoms with Crippen LogP contribution in [-0.2, 0) is 35.2 Å². The molecule has 0 saturated heterocycles. The van der Waals surface area contributed by atoms with E-state index < -0.39 is 65.8 Å². The lowest BCUT2D eigenvalue weighted by Crippen LogP contribution is -2.60. The summed E-state index contributed by atoms with van der Waals surface area (Å²) >= 11 is 0. The predicted octanol–water partition coefficient (Wildman–Crippen LogP) is -2.99. The summed E-state index contributed by atoms with van der Waals surface area (Å²) < 4.78 is 0. The third kappa shape index (κ3) is 11.5. The van der Waals surface area contributed by atoms with Gasteiger partial charge in [0.15, 0.2) is 0 Å². The van der Waals surface area contributed by atoms with Gasteiger partial charge in [-0.25, -0.2) is 4.79 Å². The van der Waals surface area contributed by atoms with Crippen LogP contribution in [0.1, 0.15) is 38.2 Å². The second-order valence-electron chi connectivity index (χ2n) is 8.49. The van der Waals surface area contributed by atoms with Crippen LogP contribution in [0.3, 0.4) is 0 Å². The van der Waals surface area contributed by atoms with Crippen LogP contribution in [0.2, 0.25) is 0 Å². The van der Waals surface area contributed by atoms with Gasteiger partial charge in [0.2, 0.25) is 29.5 Å². The minimum atomic E-state index is -1.60. The molecule has 0 aliphatic heterocycles. The van der Waals surface area contributed by atoms with Crippen LogP contribution < -0.4 is 33.2 Å². The van der Waals surface area contributed by atoms with Crippen molar-refractivity contribution >= 4 is 35.5 Å². The lowest BCUT2D eigenvalue weighted by atomic mass is 10.0. The Labute approximate surface area is 213 Å². The first kappa shape index (κ1) is 31.0.